The van der Waals surface area contributed by atoms with Crippen molar-refractivity contribution in [1.82, 2.24) is 4.98 Å². The number of hydrogen-bond acceptors (Lipinski definition) is 6. The van der Waals surface area contributed by atoms with E-state index in [9.17, 15) is 15.2 Å². The average Bonchev–Trinajstić information content (AvgIpc) is 2.43. The van der Waals surface area contributed by atoms with Crippen molar-refractivity contribution in [3.8, 4) is 0 Å². The van der Waals surface area contributed by atoms with Crippen LogP contribution < -0.4 is 5.32 Å². The van der Waals surface area contributed by atoms with Crippen LogP contribution >= 0.6 is 0 Å². The summed E-state index contributed by atoms with van der Waals surface area (Å²) in [4.78, 5) is 14.4. The van der Waals surface area contributed by atoms with Gasteiger partial charge in [-0.05, 0) is 6.07 Å². The van der Waals surface area contributed by atoms with Gasteiger partial charge in [-0.3, -0.25) is 10.1 Å². The molecule has 7 heteroatoms. The fourth-order valence-corrected chi connectivity index (χ4v) is 1.75. The summed E-state index contributed by atoms with van der Waals surface area (Å²) >= 11 is 0. The molecule has 7 nitrogen and oxygen atoms in total. The number of fused-ring (bicyclic) bond motifs is 1. The van der Waals surface area contributed by atoms with E-state index in [2.05, 4.69) is 10.3 Å². The van der Waals surface area contributed by atoms with Crippen molar-refractivity contribution >= 4 is 22.3 Å². The average molecular weight is 263 g/mol. The van der Waals surface area contributed by atoms with Crippen LogP contribution in [0.15, 0.2) is 30.5 Å². The van der Waals surface area contributed by atoms with Crippen LogP contribution in [-0.2, 0) is 0 Å². The van der Waals surface area contributed by atoms with Gasteiger partial charge in [0, 0.05) is 29.9 Å². The molecule has 0 aliphatic rings. The number of para-hydroxylation sites is 1. The largest absolute Gasteiger partial charge is 0.394 e. The number of aliphatic hydroxyl groups excluding tert-OH is 2. The first kappa shape index (κ1) is 13.2. The van der Waals surface area contributed by atoms with Crippen LogP contribution in [0, 0.1) is 10.1 Å². The standard InChI is InChI=1S/C12H13N3O4/c16-7-8(17)6-14-10-4-5-13-12-9(10)2-1-3-11(12)15(18)19/h1-5,8,16-17H,6-7H2,(H,13,14). The molecule has 0 aliphatic carbocycles. The monoisotopic (exact) mass is 263 g/mol. The third kappa shape index (κ3) is 2.78. The van der Waals surface area contributed by atoms with E-state index in [4.69, 9.17) is 5.11 Å². The number of nitrogens with zero attached hydrogens (tertiary/aromatic N) is 2. The maximum absolute atomic E-state index is 10.9. The van der Waals surface area contributed by atoms with Gasteiger partial charge in [0.1, 0.15) is 5.52 Å². The number of rotatable bonds is 5. The topological polar surface area (TPSA) is 109 Å². The minimum absolute atomic E-state index is 0.0659. The summed E-state index contributed by atoms with van der Waals surface area (Å²) in [5.74, 6) is 0. The van der Waals surface area contributed by atoms with E-state index < -0.39 is 11.0 Å². The van der Waals surface area contributed by atoms with Crippen molar-refractivity contribution in [1.29, 1.82) is 0 Å². The van der Waals surface area contributed by atoms with Crippen LogP contribution in [0.1, 0.15) is 0 Å². The molecule has 0 amide bonds. The van der Waals surface area contributed by atoms with Crippen molar-refractivity contribution in [3.05, 3.63) is 40.6 Å². The molecule has 1 atom stereocenters. The Morgan fingerprint density at radius 1 is 1.42 bits per heavy atom. The highest BCUT2D eigenvalue weighted by atomic mass is 16.6. The molecular formula is C12H13N3O4. The fraction of sp³-hybridized carbons (Fsp3) is 0.250. The minimum atomic E-state index is -0.887. The Bertz CT molecular complexity index is 603. The molecule has 0 bridgehead atoms. The normalized spacial score (nSPS) is 12.3. The number of pyridine rings is 1. The number of nitro groups is 1. The second-order valence-corrected chi connectivity index (χ2v) is 4.01. The van der Waals surface area contributed by atoms with E-state index in [0.29, 0.717) is 11.1 Å². The van der Waals surface area contributed by atoms with Crippen molar-refractivity contribution in [3.63, 3.8) is 0 Å². The molecule has 0 saturated heterocycles. The maximum atomic E-state index is 10.9. The summed E-state index contributed by atoms with van der Waals surface area (Å²) in [5, 5.41) is 32.5. The Morgan fingerprint density at radius 2 is 2.21 bits per heavy atom. The molecule has 1 heterocycles. The first-order chi connectivity index (χ1) is 9.13. The van der Waals surface area contributed by atoms with E-state index in [-0.39, 0.29) is 24.4 Å². The van der Waals surface area contributed by atoms with Crippen LogP contribution in [0.3, 0.4) is 0 Å². The minimum Gasteiger partial charge on any atom is -0.394 e. The number of hydrogen-bond donors (Lipinski definition) is 3. The zero-order valence-electron chi connectivity index (χ0n) is 9.98. The smallest absolute Gasteiger partial charge is 0.295 e. The van der Waals surface area contributed by atoms with E-state index >= 15 is 0 Å². The van der Waals surface area contributed by atoms with E-state index in [0.717, 1.165) is 0 Å². The number of aromatic nitrogens is 1. The van der Waals surface area contributed by atoms with Gasteiger partial charge in [-0.2, -0.15) is 0 Å². The van der Waals surface area contributed by atoms with Gasteiger partial charge >= 0.3 is 0 Å². The first-order valence-electron chi connectivity index (χ1n) is 5.68. The first-order valence-corrected chi connectivity index (χ1v) is 5.68. The summed E-state index contributed by atoms with van der Waals surface area (Å²) in [6, 6.07) is 6.34. The lowest BCUT2D eigenvalue weighted by atomic mass is 10.1. The predicted octanol–water partition coefficient (Wildman–Crippen LogP) is 0.908. The van der Waals surface area contributed by atoms with Crippen LogP contribution in [0.2, 0.25) is 0 Å². The molecule has 3 N–H and O–H groups in total. The highest BCUT2D eigenvalue weighted by Gasteiger charge is 2.14. The molecular weight excluding hydrogens is 250 g/mol. The third-order valence-corrected chi connectivity index (χ3v) is 2.69. The lowest BCUT2D eigenvalue weighted by Gasteiger charge is -2.12. The number of nitrogens with one attached hydrogen (secondary N) is 1. The third-order valence-electron chi connectivity index (χ3n) is 2.69. The highest BCUT2D eigenvalue weighted by Crippen LogP contribution is 2.28. The van der Waals surface area contributed by atoms with Crippen LogP contribution in [0.4, 0.5) is 11.4 Å². The lowest BCUT2D eigenvalue weighted by Crippen LogP contribution is -2.23. The van der Waals surface area contributed by atoms with E-state index in [1.54, 1.807) is 18.2 Å². The number of non-ortho nitro benzene ring substituents is 1. The van der Waals surface area contributed by atoms with Gasteiger partial charge in [0.05, 0.1) is 17.6 Å². The molecule has 0 radical (unpaired) electrons. The number of aliphatic hydroxyl groups is 2. The zero-order valence-corrected chi connectivity index (χ0v) is 9.98. The summed E-state index contributed by atoms with van der Waals surface area (Å²) < 4.78 is 0. The number of benzene rings is 1. The molecule has 0 aliphatic heterocycles. The Balaban J connectivity index is 2.40. The SMILES string of the molecule is O=[N+]([O-])c1cccc2c(NCC(O)CO)ccnc12. The molecule has 0 spiro atoms. The molecule has 1 aromatic heterocycles. The second-order valence-electron chi connectivity index (χ2n) is 4.01. The lowest BCUT2D eigenvalue weighted by molar-refractivity contribution is -0.383. The summed E-state index contributed by atoms with van der Waals surface area (Å²) in [6.07, 6.45) is 0.574. The molecule has 1 aromatic carbocycles. The van der Waals surface area contributed by atoms with Crippen LogP contribution in [-0.4, -0.2) is 39.4 Å². The summed E-state index contributed by atoms with van der Waals surface area (Å²) in [7, 11) is 0. The molecule has 0 fully saturated rings. The molecule has 1 unspecified atom stereocenters. The fourth-order valence-electron chi connectivity index (χ4n) is 1.75. The van der Waals surface area contributed by atoms with Gasteiger partial charge in [-0.1, -0.05) is 12.1 Å². The Morgan fingerprint density at radius 3 is 2.89 bits per heavy atom. The van der Waals surface area contributed by atoms with Gasteiger partial charge < -0.3 is 15.5 Å². The highest BCUT2D eigenvalue weighted by molar-refractivity contribution is 5.96. The molecule has 2 aromatic rings. The predicted molar refractivity (Wildman–Crippen MR) is 70.0 cm³/mol. The zero-order chi connectivity index (χ0) is 13.8. The van der Waals surface area contributed by atoms with Crippen molar-refractivity contribution in [2.24, 2.45) is 0 Å². The van der Waals surface area contributed by atoms with Crippen LogP contribution in [0.25, 0.3) is 10.9 Å². The summed E-state index contributed by atoms with van der Waals surface area (Å²) in [5.41, 5.74) is 0.848. The van der Waals surface area contributed by atoms with Crippen molar-refractivity contribution < 1.29 is 15.1 Å². The second kappa shape index (κ2) is 5.59. The Hall–Kier alpha value is -2.25. The van der Waals surface area contributed by atoms with Gasteiger partial charge in [0.15, 0.2) is 0 Å². The molecule has 2 rings (SSSR count). The number of anilines is 1. The Labute approximate surface area is 108 Å². The number of nitro benzene ring substituents is 1. The van der Waals surface area contributed by atoms with Gasteiger partial charge in [0.2, 0.25) is 0 Å². The van der Waals surface area contributed by atoms with E-state index in [1.807, 2.05) is 0 Å². The van der Waals surface area contributed by atoms with Crippen molar-refractivity contribution in [2.75, 3.05) is 18.5 Å². The van der Waals surface area contributed by atoms with Gasteiger partial charge in [-0.15, -0.1) is 0 Å². The Kier molecular flexibility index (Phi) is 3.88. The quantitative estimate of drug-likeness (QED) is 0.546. The maximum Gasteiger partial charge on any atom is 0.295 e. The molecule has 19 heavy (non-hydrogen) atoms. The molecule has 100 valence electrons. The van der Waals surface area contributed by atoms with Gasteiger partial charge in [0.25, 0.3) is 5.69 Å². The van der Waals surface area contributed by atoms with E-state index in [1.165, 1.54) is 12.3 Å². The van der Waals surface area contributed by atoms with Crippen LogP contribution in [0.5, 0.6) is 0 Å². The van der Waals surface area contributed by atoms with Gasteiger partial charge in [-0.25, -0.2) is 4.98 Å². The molecule has 0 saturated carbocycles. The van der Waals surface area contributed by atoms with Crippen molar-refractivity contribution in [2.45, 2.75) is 6.10 Å². The summed E-state index contributed by atoms with van der Waals surface area (Å²) in [6.45, 7) is -0.200.